The van der Waals surface area contributed by atoms with Crippen molar-refractivity contribution in [2.75, 3.05) is 0 Å². The number of Topliss-reactive ketones (excluding diaryl/α,β-unsaturated/α-hetero) is 1. The maximum Gasteiger partial charge on any atom is 0.193 e. The van der Waals surface area contributed by atoms with E-state index < -0.39 is 44.0 Å². The standard InChI is InChI=1S/C8HBr2F4N3O/c9-8(10)7(18)1-2(11)4(13)6(16-17-15)5(14)3(1)12/h8H. The van der Waals surface area contributed by atoms with Crippen LogP contribution in [0.4, 0.5) is 23.2 Å². The first kappa shape index (κ1) is 14.9. The van der Waals surface area contributed by atoms with Crippen LogP contribution in [0.25, 0.3) is 10.4 Å². The first-order valence-corrected chi connectivity index (χ1v) is 5.89. The Morgan fingerprint density at radius 1 is 1.11 bits per heavy atom. The molecule has 1 aromatic rings. The van der Waals surface area contributed by atoms with E-state index >= 15 is 0 Å². The highest BCUT2D eigenvalue weighted by Crippen LogP contribution is 2.32. The van der Waals surface area contributed by atoms with E-state index in [1.54, 1.807) is 0 Å². The lowest BCUT2D eigenvalue weighted by molar-refractivity contribution is 0.100. The van der Waals surface area contributed by atoms with E-state index in [0.29, 0.717) is 0 Å². The second kappa shape index (κ2) is 5.68. The van der Waals surface area contributed by atoms with Crippen molar-refractivity contribution in [3.05, 3.63) is 39.3 Å². The fraction of sp³-hybridized carbons (Fsp3) is 0.125. The molecule has 1 aromatic carbocycles. The number of azide groups is 1. The number of halogens is 6. The zero-order valence-corrected chi connectivity index (χ0v) is 11.3. The number of rotatable bonds is 3. The molecule has 10 heteroatoms. The van der Waals surface area contributed by atoms with Gasteiger partial charge in [-0.3, -0.25) is 4.79 Å². The van der Waals surface area contributed by atoms with Crippen LogP contribution in [-0.4, -0.2) is 9.52 Å². The highest BCUT2D eigenvalue weighted by atomic mass is 79.9. The zero-order valence-electron chi connectivity index (χ0n) is 8.10. The monoisotopic (exact) mass is 389 g/mol. The summed E-state index contributed by atoms with van der Waals surface area (Å²) >= 11 is 5.30. The fourth-order valence-corrected chi connectivity index (χ4v) is 1.54. The summed E-state index contributed by atoms with van der Waals surface area (Å²) in [6, 6.07) is 0. The Morgan fingerprint density at radius 3 is 1.89 bits per heavy atom. The van der Waals surface area contributed by atoms with Crippen molar-refractivity contribution in [1.29, 1.82) is 0 Å². The molecule has 96 valence electrons. The molecule has 0 atom stereocenters. The van der Waals surface area contributed by atoms with Crippen molar-refractivity contribution >= 4 is 43.3 Å². The molecule has 0 aromatic heterocycles. The van der Waals surface area contributed by atoms with E-state index in [1.165, 1.54) is 0 Å². The SMILES string of the molecule is [N-]=[N+]=Nc1c(F)c(F)c(C(=O)C(Br)Br)c(F)c1F. The molecule has 0 aliphatic carbocycles. The van der Waals surface area contributed by atoms with Crippen LogP contribution in [0.5, 0.6) is 0 Å². The molecule has 0 saturated heterocycles. The van der Waals surface area contributed by atoms with E-state index in [0.717, 1.165) is 0 Å². The normalized spacial score (nSPS) is 10.4. The van der Waals surface area contributed by atoms with Gasteiger partial charge in [0.15, 0.2) is 29.1 Å². The lowest BCUT2D eigenvalue weighted by atomic mass is 10.1. The van der Waals surface area contributed by atoms with E-state index in [9.17, 15) is 22.4 Å². The predicted molar refractivity (Wildman–Crippen MR) is 61.1 cm³/mol. The van der Waals surface area contributed by atoms with Crippen LogP contribution < -0.4 is 0 Å². The summed E-state index contributed by atoms with van der Waals surface area (Å²) in [5.74, 6) is -8.97. The first-order chi connectivity index (χ1) is 8.32. The Kier molecular flexibility index (Phi) is 4.71. The Labute approximate surface area is 114 Å². The summed E-state index contributed by atoms with van der Waals surface area (Å²) in [4.78, 5) is 13.4. The summed E-state index contributed by atoms with van der Waals surface area (Å²) in [6.45, 7) is 0. The van der Waals surface area contributed by atoms with Crippen LogP contribution in [0.2, 0.25) is 0 Å². The lowest BCUT2D eigenvalue weighted by Crippen LogP contribution is -2.15. The van der Waals surface area contributed by atoms with Crippen LogP contribution in [0.15, 0.2) is 5.11 Å². The number of benzene rings is 1. The average molecular weight is 391 g/mol. The molecule has 0 spiro atoms. The van der Waals surface area contributed by atoms with E-state index in [4.69, 9.17) is 5.53 Å². The number of hydrogen-bond donors (Lipinski definition) is 0. The quantitative estimate of drug-likeness (QED) is 0.143. The molecule has 0 fully saturated rings. The third-order valence-electron chi connectivity index (χ3n) is 1.83. The Balaban J connectivity index is 3.68. The van der Waals surface area contributed by atoms with Gasteiger partial charge in [0, 0.05) is 4.91 Å². The van der Waals surface area contributed by atoms with Crippen molar-refractivity contribution in [2.45, 2.75) is 3.74 Å². The molecule has 4 nitrogen and oxygen atoms in total. The van der Waals surface area contributed by atoms with Crippen LogP contribution >= 0.6 is 31.9 Å². The van der Waals surface area contributed by atoms with Gasteiger partial charge in [-0.25, -0.2) is 17.6 Å². The second-order valence-corrected chi connectivity index (χ2v) is 5.89. The summed E-state index contributed by atoms with van der Waals surface area (Å²) in [5, 5.41) is 2.49. The number of carbonyl (C=O) groups excluding carboxylic acids is 1. The molecule has 0 bridgehead atoms. The highest BCUT2D eigenvalue weighted by Gasteiger charge is 2.30. The summed E-state index contributed by atoms with van der Waals surface area (Å²) < 4.78 is 52.2. The Bertz CT molecular complexity index is 543. The maximum absolute atomic E-state index is 13.4. The molecule has 0 saturated carbocycles. The van der Waals surface area contributed by atoms with Gasteiger partial charge in [0.25, 0.3) is 0 Å². The first-order valence-electron chi connectivity index (χ1n) is 4.06. The molecular weight excluding hydrogens is 390 g/mol. The number of carbonyl (C=O) groups is 1. The van der Waals surface area contributed by atoms with Crippen molar-refractivity contribution < 1.29 is 22.4 Å². The van der Waals surface area contributed by atoms with Crippen LogP contribution in [0.1, 0.15) is 10.4 Å². The van der Waals surface area contributed by atoms with Gasteiger partial charge in [-0.2, -0.15) is 0 Å². The van der Waals surface area contributed by atoms with Gasteiger partial charge in [0.1, 0.15) is 9.42 Å². The van der Waals surface area contributed by atoms with Crippen molar-refractivity contribution in [3.8, 4) is 0 Å². The average Bonchev–Trinajstić information content (AvgIpc) is 2.32. The molecule has 18 heavy (non-hydrogen) atoms. The summed E-state index contributed by atoms with van der Waals surface area (Å²) in [7, 11) is 0. The van der Waals surface area contributed by atoms with E-state index in [2.05, 4.69) is 37.0 Å². The third kappa shape index (κ3) is 2.50. The smallest absolute Gasteiger partial charge is 0.193 e. The number of ketones is 1. The topological polar surface area (TPSA) is 65.8 Å². The molecule has 0 heterocycles. The van der Waals surface area contributed by atoms with Gasteiger partial charge >= 0.3 is 0 Å². The largest absolute Gasteiger partial charge is 0.292 e. The predicted octanol–water partition coefficient (Wildman–Crippen LogP) is 4.48. The second-order valence-electron chi connectivity index (χ2n) is 2.83. The third-order valence-corrected chi connectivity index (χ3v) is 2.66. The minimum Gasteiger partial charge on any atom is -0.292 e. The Hall–Kier alpha value is -1.12. The highest BCUT2D eigenvalue weighted by molar-refractivity contribution is 9.25. The maximum atomic E-state index is 13.4. The Morgan fingerprint density at radius 2 is 1.56 bits per heavy atom. The lowest BCUT2D eigenvalue weighted by Gasteiger charge is -2.08. The summed E-state index contributed by atoms with van der Waals surface area (Å²) in [6.07, 6.45) is 0. The molecule has 0 aliphatic rings. The molecular formula is C8HBr2F4N3O. The van der Waals surface area contributed by atoms with Gasteiger partial charge in [0.2, 0.25) is 0 Å². The molecule has 0 radical (unpaired) electrons. The summed E-state index contributed by atoms with van der Waals surface area (Å²) in [5.41, 5.74) is 5.15. The van der Waals surface area contributed by atoms with Gasteiger partial charge in [-0.15, -0.1) is 0 Å². The molecule has 0 aliphatic heterocycles. The molecule has 0 unspecified atom stereocenters. The van der Waals surface area contributed by atoms with Gasteiger partial charge in [0.05, 0.1) is 5.56 Å². The van der Waals surface area contributed by atoms with Crippen LogP contribution in [-0.2, 0) is 0 Å². The van der Waals surface area contributed by atoms with Crippen LogP contribution in [0, 0.1) is 23.3 Å². The molecule has 0 amide bonds. The minimum absolute atomic E-state index is 1.22. The number of alkyl halides is 2. The minimum atomic E-state index is -1.93. The van der Waals surface area contributed by atoms with Crippen LogP contribution in [0.3, 0.4) is 0 Å². The number of hydrogen-bond acceptors (Lipinski definition) is 2. The van der Waals surface area contributed by atoms with Crippen molar-refractivity contribution in [1.82, 2.24) is 0 Å². The molecule has 0 N–H and O–H groups in total. The van der Waals surface area contributed by atoms with Gasteiger partial charge in [-0.1, -0.05) is 37.0 Å². The zero-order chi connectivity index (χ0) is 14.0. The fourth-order valence-electron chi connectivity index (χ4n) is 1.08. The van der Waals surface area contributed by atoms with E-state index in [-0.39, 0.29) is 0 Å². The molecule has 1 rings (SSSR count). The van der Waals surface area contributed by atoms with Gasteiger partial charge < -0.3 is 0 Å². The van der Waals surface area contributed by atoms with E-state index in [1.807, 2.05) is 4.91 Å². The van der Waals surface area contributed by atoms with Crippen molar-refractivity contribution in [3.63, 3.8) is 0 Å². The number of nitrogens with zero attached hydrogens (tertiary/aromatic N) is 3. The van der Waals surface area contributed by atoms with Gasteiger partial charge in [-0.05, 0) is 5.53 Å². The van der Waals surface area contributed by atoms with Crippen molar-refractivity contribution in [2.24, 2.45) is 5.11 Å².